The maximum Gasteiger partial charge on any atom is 0.293 e. The number of hydrogen-bond acceptors (Lipinski definition) is 5. The van der Waals surface area contributed by atoms with Gasteiger partial charge in [-0.3, -0.25) is 9.00 Å². The maximum atomic E-state index is 12.3. The Kier molecular flexibility index (Phi) is 5.65. The Morgan fingerprint density at radius 1 is 1.32 bits per heavy atom. The molecule has 6 nitrogen and oxygen atoms in total. The zero-order chi connectivity index (χ0) is 17.8. The van der Waals surface area contributed by atoms with Gasteiger partial charge in [-0.05, 0) is 30.5 Å². The van der Waals surface area contributed by atoms with Crippen LogP contribution in [0.25, 0.3) is 0 Å². The quantitative estimate of drug-likeness (QED) is 0.870. The highest BCUT2D eigenvalue weighted by atomic mass is 32.2. The van der Waals surface area contributed by atoms with E-state index in [4.69, 9.17) is 0 Å². The zero-order valence-corrected chi connectivity index (χ0v) is 15.5. The van der Waals surface area contributed by atoms with Crippen LogP contribution in [-0.4, -0.2) is 39.1 Å². The van der Waals surface area contributed by atoms with E-state index in [9.17, 15) is 9.00 Å². The predicted octanol–water partition coefficient (Wildman–Crippen LogP) is 1.28. The minimum absolute atomic E-state index is 0.0497. The third-order valence-electron chi connectivity index (χ3n) is 4.57. The highest BCUT2D eigenvalue weighted by Crippen LogP contribution is 2.15. The fraction of sp³-hybridized carbons (Fsp3) is 0.444. The van der Waals surface area contributed by atoms with Crippen molar-refractivity contribution in [1.29, 1.82) is 0 Å². The summed E-state index contributed by atoms with van der Waals surface area (Å²) in [5, 5.41) is 3.57. The van der Waals surface area contributed by atoms with E-state index < -0.39 is 10.8 Å². The SMILES string of the molecule is Cn1ccnc(N2CCC[C@@H](NCc3ccc([S@@](C)=O)cc3)C2)c1=O. The second-order valence-corrected chi connectivity index (χ2v) is 7.81. The van der Waals surface area contributed by atoms with Crippen LogP contribution in [0.1, 0.15) is 18.4 Å². The van der Waals surface area contributed by atoms with Crippen molar-refractivity contribution in [3.8, 4) is 0 Å². The van der Waals surface area contributed by atoms with Crippen LogP contribution in [0.15, 0.2) is 46.3 Å². The summed E-state index contributed by atoms with van der Waals surface area (Å²) in [5.41, 5.74) is 1.12. The minimum Gasteiger partial charge on any atom is -0.350 e. The summed E-state index contributed by atoms with van der Waals surface area (Å²) in [6.07, 6.45) is 7.16. The van der Waals surface area contributed by atoms with Crippen LogP contribution in [0.3, 0.4) is 0 Å². The monoisotopic (exact) mass is 360 g/mol. The molecule has 0 amide bonds. The molecule has 2 aromatic rings. The number of aryl methyl sites for hydroxylation is 1. The first-order chi connectivity index (χ1) is 12.0. The molecule has 1 aromatic heterocycles. The molecule has 0 spiro atoms. The summed E-state index contributed by atoms with van der Waals surface area (Å²) in [6, 6.07) is 8.17. The standard InChI is InChI=1S/C18H24N4O2S/c1-21-11-9-19-17(18(21)23)22-10-3-4-15(13-22)20-12-14-5-7-16(8-6-14)25(2)24/h5-9,11,15,20H,3-4,10,12-13H2,1-2H3/t15-,25-/m1/s1. The summed E-state index contributed by atoms with van der Waals surface area (Å²) < 4.78 is 13.0. The topological polar surface area (TPSA) is 67.2 Å². The van der Waals surface area contributed by atoms with E-state index in [1.165, 1.54) is 5.56 Å². The Morgan fingerprint density at radius 3 is 2.80 bits per heavy atom. The van der Waals surface area contributed by atoms with Gasteiger partial charge in [0.05, 0.1) is 0 Å². The lowest BCUT2D eigenvalue weighted by atomic mass is 10.1. The van der Waals surface area contributed by atoms with Crippen LogP contribution in [0, 0.1) is 0 Å². The smallest absolute Gasteiger partial charge is 0.293 e. The lowest BCUT2D eigenvalue weighted by molar-refractivity contribution is 0.419. The van der Waals surface area contributed by atoms with E-state index in [0.29, 0.717) is 11.9 Å². The van der Waals surface area contributed by atoms with Gasteiger partial charge in [0.1, 0.15) is 0 Å². The largest absolute Gasteiger partial charge is 0.350 e. The molecule has 2 atom stereocenters. The fourth-order valence-corrected chi connectivity index (χ4v) is 3.62. The highest BCUT2D eigenvalue weighted by Gasteiger charge is 2.22. The molecular weight excluding hydrogens is 336 g/mol. The van der Waals surface area contributed by atoms with E-state index >= 15 is 0 Å². The van der Waals surface area contributed by atoms with Gasteiger partial charge in [-0.2, -0.15) is 0 Å². The van der Waals surface area contributed by atoms with Gasteiger partial charge < -0.3 is 14.8 Å². The van der Waals surface area contributed by atoms with Gasteiger partial charge in [0.25, 0.3) is 5.56 Å². The average Bonchev–Trinajstić information content (AvgIpc) is 2.63. The number of piperidine rings is 1. The molecule has 0 aliphatic carbocycles. The number of hydrogen-bond donors (Lipinski definition) is 1. The third kappa shape index (κ3) is 4.35. The van der Waals surface area contributed by atoms with Gasteiger partial charge in [0, 0.05) is 67.1 Å². The summed E-state index contributed by atoms with van der Waals surface area (Å²) in [6.45, 7) is 2.40. The number of rotatable bonds is 5. The summed E-state index contributed by atoms with van der Waals surface area (Å²) >= 11 is 0. The van der Waals surface area contributed by atoms with Crippen LogP contribution in [0.5, 0.6) is 0 Å². The van der Waals surface area contributed by atoms with Gasteiger partial charge >= 0.3 is 0 Å². The van der Waals surface area contributed by atoms with Crippen LogP contribution < -0.4 is 15.8 Å². The number of benzene rings is 1. The molecule has 134 valence electrons. The zero-order valence-electron chi connectivity index (χ0n) is 14.6. The highest BCUT2D eigenvalue weighted by molar-refractivity contribution is 7.84. The first kappa shape index (κ1) is 17.8. The summed E-state index contributed by atoms with van der Waals surface area (Å²) in [4.78, 5) is 19.5. The molecule has 2 heterocycles. The molecular formula is C18H24N4O2S. The van der Waals surface area contributed by atoms with Crippen molar-refractivity contribution >= 4 is 16.6 Å². The lowest BCUT2D eigenvalue weighted by Crippen LogP contribution is -2.47. The normalized spacial score (nSPS) is 19.0. The molecule has 0 unspecified atom stereocenters. The fourth-order valence-electron chi connectivity index (χ4n) is 3.10. The number of anilines is 1. The van der Waals surface area contributed by atoms with E-state index in [1.54, 1.807) is 30.3 Å². The van der Waals surface area contributed by atoms with Crippen LogP contribution >= 0.6 is 0 Å². The summed E-state index contributed by atoms with van der Waals surface area (Å²) in [7, 11) is 0.809. The molecule has 1 saturated heterocycles. The number of aromatic nitrogens is 2. The molecule has 1 aromatic carbocycles. The van der Waals surface area contributed by atoms with E-state index in [1.807, 2.05) is 24.3 Å². The second-order valence-electron chi connectivity index (χ2n) is 6.43. The Balaban J connectivity index is 1.61. The first-order valence-electron chi connectivity index (χ1n) is 8.47. The van der Waals surface area contributed by atoms with E-state index in [0.717, 1.165) is 37.4 Å². The predicted molar refractivity (Wildman–Crippen MR) is 100 cm³/mol. The van der Waals surface area contributed by atoms with Crippen LogP contribution in [0.4, 0.5) is 5.82 Å². The van der Waals surface area contributed by atoms with Gasteiger partial charge in [0.15, 0.2) is 5.82 Å². The van der Waals surface area contributed by atoms with Crippen LogP contribution in [-0.2, 0) is 24.4 Å². The molecule has 3 rings (SSSR count). The van der Waals surface area contributed by atoms with Gasteiger partial charge in [-0.25, -0.2) is 4.98 Å². The van der Waals surface area contributed by atoms with Crippen molar-refractivity contribution in [2.45, 2.75) is 30.3 Å². The lowest BCUT2D eigenvalue weighted by Gasteiger charge is -2.33. The van der Waals surface area contributed by atoms with Crippen molar-refractivity contribution in [3.63, 3.8) is 0 Å². The van der Waals surface area contributed by atoms with Gasteiger partial charge in [-0.1, -0.05) is 12.1 Å². The molecule has 7 heteroatoms. The molecule has 0 saturated carbocycles. The number of nitrogens with zero attached hydrogens (tertiary/aromatic N) is 3. The minimum atomic E-state index is -0.941. The molecule has 1 fully saturated rings. The van der Waals surface area contributed by atoms with Crippen molar-refractivity contribution in [2.24, 2.45) is 7.05 Å². The van der Waals surface area contributed by atoms with Crippen molar-refractivity contribution in [1.82, 2.24) is 14.9 Å². The Morgan fingerprint density at radius 2 is 2.08 bits per heavy atom. The van der Waals surface area contributed by atoms with Gasteiger partial charge in [-0.15, -0.1) is 0 Å². The third-order valence-corrected chi connectivity index (χ3v) is 5.51. The van der Waals surface area contributed by atoms with Crippen molar-refractivity contribution in [2.75, 3.05) is 24.2 Å². The Hall–Kier alpha value is -1.99. The maximum absolute atomic E-state index is 12.3. The van der Waals surface area contributed by atoms with Gasteiger partial charge in [0.2, 0.25) is 0 Å². The number of nitrogens with one attached hydrogen (secondary N) is 1. The molecule has 1 aliphatic heterocycles. The molecule has 0 bridgehead atoms. The Bertz CT molecular complexity index is 803. The Labute approximate surface area is 150 Å². The first-order valence-corrected chi connectivity index (χ1v) is 10.0. The molecule has 25 heavy (non-hydrogen) atoms. The van der Waals surface area contributed by atoms with Crippen molar-refractivity contribution < 1.29 is 4.21 Å². The van der Waals surface area contributed by atoms with Crippen molar-refractivity contribution in [3.05, 3.63) is 52.6 Å². The molecule has 1 aliphatic rings. The second kappa shape index (κ2) is 7.93. The summed E-state index contributed by atoms with van der Waals surface area (Å²) in [5.74, 6) is 0.534. The molecule has 0 radical (unpaired) electrons. The van der Waals surface area contributed by atoms with Crippen LogP contribution in [0.2, 0.25) is 0 Å². The average molecular weight is 360 g/mol. The van der Waals surface area contributed by atoms with E-state index in [2.05, 4.69) is 15.2 Å². The molecule has 1 N–H and O–H groups in total. The van der Waals surface area contributed by atoms with E-state index in [-0.39, 0.29) is 5.56 Å².